The van der Waals surface area contributed by atoms with Crippen LogP contribution >= 0.6 is 23.2 Å². The van der Waals surface area contributed by atoms with Gasteiger partial charge in [0.25, 0.3) is 0 Å². The second kappa shape index (κ2) is 10.2. The Balaban J connectivity index is 2.92. The molecule has 132 valence electrons. The highest BCUT2D eigenvalue weighted by molar-refractivity contribution is 6.36. The van der Waals surface area contributed by atoms with E-state index in [0.717, 1.165) is 5.56 Å². The third-order valence-electron chi connectivity index (χ3n) is 3.21. The number of esters is 2. The van der Waals surface area contributed by atoms with E-state index < -0.39 is 5.97 Å². The molecule has 0 aromatic heterocycles. The molecule has 0 heterocycles. The minimum atomic E-state index is -0.449. The number of nitrogens with one attached hydrogen (secondary N) is 1. The van der Waals surface area contributed by atoms with Gasteiger partial charge in [-0.2, -0.15) is 0 Å². The fourth-order valence-corrected chi connectivity index (χ4v) is 2.71. The van der Waals surface area contributed by atoms with Crippen molar-refractivity contribution in [3.8, 4) is 0 Å². The zero-order valence-corrected chi connectivity index (χ0v) is 15.4. The normalized spacial score (nSPS) is 12.5. The number of carbonyl (C=O) groups excluding carboxylic acids is 2. The molecule has 0 aliphatic heterocycles. The monoisotopic (exact) mass is 373 g/mol. The van der Waals surface area contributed by atoms with E-state index >= 15 is 0 Å². The van der Waals surface area contributed by atoms with E-state index in [1.165, 1.54) is 13.2 Å². The molecule has 0 aliphatic carbocycles. The number of ether oxygens (including phenoxy) is 2. The van der Waals surface area contributed by atoms with Crippen LogP contribution in [-0.2, 0) is 25.5 Å². The van der Waals surface area contributed by atoms with Gasteiger partial charge in [0.1, 0.15) is 0 Å². The summed E-state index contributed by atoms with van der Waals surface area (Å²) in [6, 6.07) is 4.89. The van der Waals surface area contributed by atoms with Crippen molar-refractivity contribution in [1.29, 1.82) is 0 Å². The van der Waals surface area contributed by atoms with Gasteiger partial charge in [0.15, 0.2) is 0 Å². The van der Waals surface area contributed by atoms with E-state index in [2.05, 4.69) is 5.32 Å². The summed E-state index contributed by atoms with van der Waals surface area (Å²) in [5, 5.41) is 4.16. The van der Waals surface area contributed by atoms with Crippen molar-refractivity contribution >= 4 is 35.1 Å². The van der Waals surface area contributed by atoms with Crippen LogP contribution < -0.4 is 5.32 Å². The van der Waals surface area contributed by atoms with Crippen LogP contribution in [0.3, 0.4) is 0 Å². The molecule has 0 saturated heterocycles. The van der Waals surface area contributed by atoms with Crippen LogP contribution in [0.2, 0.25) is 10.0 Å². The number of allylic oxidation sites excluding steroid dienone is 1. The van der Waals surface area contributed by atoms with Crippen LogP contribution in [0.15, 0.2) is 30.0 Å². The maximum Gasteiger partial charge on any atom is 0.332 e. The molecule has 0 radical (unpaired) electrons. The van der Waals surface area contributed by atoms with Crippen molar-refractivity contribution in [2.75, 3.05) is 13.7 Å². The number of hydrogen-bond acceptors (Lipinski definition) is 5. The lowest BCUT2D eigenvalue weighted by molar-refractivity contribution is -0.141. The molecule has 1 atom stereocenters. The van der Waals surface area contributed by atoms with E-state index in [4.69, 9.17) is 32.7 Å². The minimum Gasteiger partial charge on any atom is -0.469 e. The van der Waals surface area contributed by atoms with E-state index in [0.29, 0.717) is 28.8 Å². The van der Waals surface area contributed by atoms with Gasteiger partial charge in [-0.25, -0.2) is 4.79 Å². The third-order valence-corrected chi connectivity index (χ3v) is 3.91. The number of hydrogen-bond donors (Lipinski definition) is 1. The van der Waals surface area contributed by atoms with E-state index in [-0.39, 0.29) is 18.4 Å². The summed E-state index contributed by atoms with van der Waals surface area (Å²) in [5.74, 6) is -0.824. The Morgan fingerprint density at radius 2 is 1.92 bits per heavy atom. The van der Waals surface area contributed by atoms with Gasteiger partial charge in [-0.05, 0) is 38.0 Å². The van der Waals surface area contributed by atoms with Crippen molar-refractivity contribution in [2.45, 2.75) is 32.7 Å². The topological polar surface area (TPSA) is 64.6 Å². The summed E-state index contributed by atoms with van der Waals surface area (Å²) < 4.78 is 9.59. The lowest BCUT2D eigenvalue weighted by Crippen LogP contribution is -2.33. The second-order valence-electron chi connectivity index (χ2n) is 5.11. The zero-order valence-electron chi connectivity index (χ0n) is 13.9. The van der Waals surface area contributed by atoms with Crippen molar-refractivity contribution in [3.63, 3.8) is 0 Å². The fourth-order valence-electron chi connectivity index (χ4n) is 2.16. The van der Waals surface area contributed by atoms with Crippen molar-refractivity contribution in [3.05, 3.63) is 45.6 Å². The van der Waals surface area contributed by atoms with Crippen molar-refractivity contribution in [2.24, 2.45) is 0 Å². The molecule has 24 heavy (non-hydrogen) atoms. The number of benzene rings is 1. The zero-order chi connectivity index (χ0) is 18.1. The number of halogens is 2. The molecular weight excluding hydrogens is 353 g/mol. The van der Waals surface area contributed by atoms with Crippen LogP contribution in [0.5, 0.6) is 0 Å². The molecule has 0 saturated carbocycles. The van der Waals surface area contributed by atoms with Gasteiger partial charge in [-0.1, -0.05) is 29.3 Å². The molecule has 0 spiro atoms. The number of carbonyl (C=O) groups is 2. The predicted octanol–water partition coefficient (Wildman–Crippen LogP) is 3.52. The van der Waals surface area contributed by atoms with Gasteiger partial charge < -0.3 is 14.8 Å². The highest BCUT2D eigenvalue weighted by Gasteiger charge is 2.18. The van der Waals surface area contributed by atoms with E-state index in [9.17, 15) is 9.59 Å². The highest BCUT2D eigenvalue weighted by atomic mass is 35.5. The summed E-state index contributed by atoms with van der Waals surface area (Å²) in [5.41, 5.74) is 1.30. The first-order valence-electron chi connectivity index (χ1n) is 7.48. The van der Waals surface area contributed by atoms with Crippen LogP contribution in [0.4, 0.5) is 0 Å². The van der Waals surface area contributed by atoms with Gasteiger partial charge >= 0.3 is 11.9 Å². The smallest absolute Gasteiger partial charge is 0.332 e. The van der Waals surface area contributed by atoms with Crippen molar-refractivity contribution in [1.82, 2.24) is 5.32 Å². The molecule has 5 nitrogen and oxygen atoms in total. The third kappa shape index (κ3) is 6.81. The lowest BCUT2D eigenvalue weighted by atomic mass is 10.0. The SMILES string of the molecule is CCOC(=O)/C=C(\C)N[C@H](CC(=O)OC)Cc1c(Cl)cccc1Cl. The minimum absolute atomic E-state index is 0.103. The van der Waals surface area contributed by atoms with Crippen molar-refractivity contribution < 1.29 is 19.1 Å². The fraction of sp³-hybridized carbons (Fsp3) is 0.412. The molecule has 0 amide bonds. The van der Waals surface area contributed by atoms with Gasteiger partial charge in [0.2, 0.25) is 0 Å². The molecule has 0 bridgehead atoms. The van der Waals surface area contributed by atoms with Gasteiger partial charge in [0.05, 0.1) is 20.1 Å². The van der Waals surface area contributed by atoms with E-state index in [1.807, 2.05) is 0 Å². The maximum atomic E-state index is 11.6. The molecule has 0 unspecified atom stereocenters. The number of rotatable bonds is 8. The van der Waals surface area contributed by atoms with Gasteiger partial charge in [0, 0.05) is 27.9 Å². The van der Waals surface area contributed by atoms with Gasteiger partial charge in [-0.15, -0.1) is 0 Å². The molecular formula is C17H21Cl2NO4. The lowest BCUT2D eigenvalue weighted by Gasteiger charge is -2.20. The quantitative estimate of drug-likeness (QED) is 0.557. The highest BCUT2D eigenvalue weighted by Crippen LogP contribution is 2.26. The summed E-state index contributed by atoms with van der Waals surface area (Å²) in [6.07, 6.45) is 1.84. The first kappa shape index (κ1) is 20.3. The Morgan fingerprint density at radius 1 is 1.29 bits per heavy atom. The van der Waals surface area contributed by atoms with Gasteiger partial charge in [-0.3, -0.25) is 4.79 Å². The molecule has 1 rings (SSSR count). The van der Waals surface area contributed by atoms with Crippen LogP contribution in [-0.4, -0.2) is 31.7 Å². The van der Waals surface area contributed by atoms with Crippen LogP contribution in [0.1, 0.15) is 25.8 Å². The Bertz CT molecular complexity index is 596. The largest absolute Gasteiger partial charge is 0.469 e. The Kier molecular flexibility index (Phi) is 8.65. The van der Waals surface area contributed by atoms with Crippen LogP contribution in [0.25, 0.3) is 0 Å². The van der Waals surface area contributed by atoms with Crippen LogP contribution in [0, 0.1) is 0 Å². The second-order valence-corrected chi connectivity index (χ2v) is 5.92. The molecule has 7 heteroatoms. The summed E-state index contributed by atoms with van der Waals surface area (Å²) in [6.45, 7) is 3.74. The Labute approximate surface area is 151 Å². The summed E-state index contributed by atoms with van der Waals surface area (Å²) in [4.78, 5) is 23.2. The average Bonchev–Trinajstić information content (AvgIpc) is 2.50. The Hall–Kier alpha value is -1.72. The molecule has 0 fully saturated rings. The summed E-state index contributed by atoms with van der Waals surface area (Å²) >= 11 is 12.4. The molecule has 1 aromatic carbocycles. The maximum absolute atomic E-state index is 11.6. The molecule has 1 aromatic rings. The Morgan fingerprint density at radius 3 is 2.46 bits per heavy atom. The number of methoxy groups -OCH3 is 1. The van der Waals surface area contributed by atoms with E-state index in [1.54, 1.807) is 32.0 Å². The average molecular weight is 374 g/mol. The molecule has 0 aliphatic rings. The first-order chi connectivity index (χ1) is 11.4. The predicted molar refractivity (Wildman–Crippen MR) is 94.1 cm³/mol. The standard InChI is InChI=1S/C17H21Cl2NO4/c1-4-24-17(22)8-11(2)20-12(10-16(21)23-3)9-13-14(18)6-5-7-15(13)19/h5-8,12,20H,4,9-10H2,1-3H3/b11-8+/t12-/m0/s1. The summed E-state index contributed by atoms with van der Waals surface area (Å²) in [7, 11) is 1.32. The molecule has 1 N–H and O–H groups in total. The first-order valence-corrected chi connectivity index (χ1v) is 8.24.